The monoisotopic (exact) mass is 448 g/mol. The molecule has 0 aliphatic heterocycles. The molecule has 0 amide bonds. The van der Waals surface area contributed by atoms with Crippen LogP contribution in [-0.2, 0) is 11.7 Å². The lowest BCUT2D eigenvalue weighted by atomic mass is 9.97. The van der Waals surface area contributed by atoms with Gasteiger partial charge in [-0.15, -0.1) is 0 Å². The Hall–Kier alpha value is -2.97. The third-order valence-corrected chi connectivity index (χ3v) is 6.47. The van der Waals surface area contributed by atoms with Crippen LogP contribution in [-0.4, -0.2) is 21.2 Å². The zero-order valence-corrected chi connectivity index (χ0v) is 18.2. The summed E-state index contributed by atoms with van der Waals surface area (Å²) < 4.78 is 55.3. The fraction of sp³-hybridized carbons (Fsp3) is 0.435. The SMILES string of the molecule is Cc1nc(N[C@H](C)c2cccc(C(F)(F)F)c2C)c2cn(C3(CF)CC3C)c(=O)cc2n1. The molecule has 2 heterocycles. The van der Waals surface area contributed by atoms with Crippen molar-refractivity contribution in [3.05, 3.63) is 63.3 Å². The molecular formula is C23H24F4N4O. The van der Waals surface area contributed by atoms with E-state index in [4.69, 9.17) is 0 Å². The lowest BCUT2D eigenvalue weighted by Crippen LogP contribution is -2.32. The van der Waals surface area contributed by atoms with E-state index < -0.39 is 30.0 Å². The standard InChI is InChI=1S/C23H24F4N4O/c1-12-9-22(12,11-24)31-10-17-19(8-20(31)32)29-15(4)30-21(17)28-14(3)16-6-5-7-18(13(16)2)23(25,26)27/h5-8,10,12,14H,9,11H2,1-4H3,(H,28,29,30)/t12?,14-,22?/m1/s1. The summed E-state index contributed by atoms with van der Waals surface area (Å²) in [5.41, 5.74) is -0.879. The van der Waals surface area contributed by atoms with Crippen LogP contribution in [0.15, 0.2) is 35.3 Å². The number of alkyl halides is 4. The van der Waals surface area contributed by atoms with Gasteiger partial charge in [-0.3, -0.25) is 4.79 Å². The van der Waals surface area contributed by atoms with Gasteiger partial charge >= 0.3 is 6.18 Å². The highest BCUT2D eigenvalue weighted by molar-refractivity contribution is 5.88. The first-order valence-corrected chi connectivity index (χ1v) is 10.4. The third-order valence-electron chi connectivity index (χ3n) is 6.47. The molecule has 32 heavy (non-hydrogen) atoms. The minimum absolute atomic E-state index is 0.0251. The molecule has 1 aromatic carbocycles. The quantitative estimate of drug-likeness (QED) is 0.538. The van der Waals surface area contributed by atoms with Crippen LogP contribution in [0.2, 0.25) is 0 Å². The zero-order chi connectivity index (χ0) is 23.4. The van der Waals surface area contributed by atoms with Gasteiger partial charge in [0.2, 0.25) is 0 Å². The molecule has 0 spiro atoms. The Kier molecular flexibility index (Phi) is 5.26. The number of fused-ring (bicyclic) bond motifs is 1. The Morgan fingerprint density at radius 3 is 2.56 bits per heavy atom. The number of hydrogen-bond donors (Lipinski definition) is 1. The Balaban J connectivity index is 1.79. The van der Waals surface area contributed by atoms with E-state index >= 15 is 0 Å². The molecule has 9 heteroatoms. The molecule has 1 fully saturated rings. The van der Waals surface area contributed by atoms with Gasteiger partial charge in [-0.2, -0.15) is 13.2 Å². The van der Waals surface area contributed by atoms with E-state index in [1.165, 1.54) is 23.6 Å². The van der Waals surface area contributed by atoms with E-state index in [0.717, 1.165) is 6.07 Å². The Labute approximate surface area is 182 Å². The van der Waals surface area contributed by atoms with Crippen LogP contribution in [0.1, 0.15) is 48.8 Å². The van der Waals surface area contributed by atoms with Crippen molar-refractivity contribution in [1.82, 2.24) is 14.5 Å². The summed E-state index contributed by atoms with van der Waals surface area (Å²) in [4.78, 5) is 21.4. The van der Waals surface area contributed by atoms with Gasteiger partial charge < -0.3 is 9.88 Å². The highest BCUT2D eigenvalue weighted by atomic mass is 19.4. The van der Waals surface area contributed by atoms with E-state index in [1.807, 2.05) is 6.92 Å². The van der Waals surface area contributed by atoms with Crippen LogP contribution in [0.4, 0.5) is 23.4 Å². The van der Waals surface area contributed by atoms with Crippen LogP contribution in [0.25, 0.3) is 10.9 Å². The zero-order valence-electron chi connectivity index (χ0n) is 18.2. The minimum atomic E-state index is -4.45. The molecule has 3 aromatic rings. The minimum Gasteiger partial charge on any atom is -0.363 e. The van der Waals surface area contributed by atoms with Crippen molar-refractivity contribution in [3.8, 4) is 0 Å². The van der Waals surface area contributed by atoms with Crippen LogP contribution in [0.5, 0.6) is 0 Å². The molecule has 1 aliphatic carbocycles. The van der Waals surface area contributed by atoms with E-state index in [9.17, 15) is 22.4 Å². The lowest BCUT2D eigenvalue weighted by molar-refractivity contribution is -0.138. The van der Waals surface area contributed by atoms with Crippen LogP contribution >= 0.6 is 0 Å². The van der Waals surface area contributed by atoms with Gasteiger partial charge in [-0.05, 0) is 50.3 Å². The molecule has 2 aromatic heterocycles. The second-order valence-electron chi connectivity index (χ2n) is 8.63. The number of halogens is 4. The number of aryl methyl sites for hydroxylation is 1. The fourth-order valence-electron chi connectivity index (χ4n) is 4.45. The smallest absolute Gasteiger partial charge is 0.363 e. The van der Waals surface area contributed by atoms with E-state index in [2.05, 4.69) is 15.3 Å². The molecule has 0 bridgehead atoms. The van der Waals surface area contributed by atoms with Crippen molar-refractivity contribution < 1.29 is 17.6 Å². The maximum atomic E-state index is 13.8. The van der Waals surface area contributed by atoms with Gasteiger partial charge in [-0.25, -0.2) is 14.4 Å². The molecule has 1 N–H and O–H groups in total. The summed E-state index contributed by atoms with van der Waals surface area (Å²) in [5.74, 6) is 0.815. The van der Waals surface area contributed by atoms with Gasteiger partial charge in [0, 0.05) is 12.3 Å². The van der Waals surface area contributed by atoms with Gasteiger partial charge in [0.05, 0.1) is 28.0 Å². The number of nitrogens with zero attached hydrogens (tertiary/aromatic N) is 3. The van der Waals surface area contributed by atoms with E-state index in [0.29, 0.717) is 34.5 Å². The van der Waals surface area contributed by atoms with Crippen LogP contribution in [0, 0.1) is 19.8 Å². The number of nitrogens with one attached hydrogen (secondary N) is 1. The first-order chi connectivity index (χ1) is 15.0. The number of rotatable bonds is 5. The number of aromatic nitrogens is 3. The number of benzene rings is 1. The van der Waals surface area contributed by atoms with Gasteiger partial charge in [0.15, 0.2) is 0 Å². The van der Waals surface area contributed by atoms with Crippen molar-refractivity contribution in [2.45, 2.75) is 51.9 Å². The van der Waals surface area contributed by atoms with Crippen molar-refractivity contribution >= 4 is 16.7 Å². The predicted octanol–water partition coefficient (Wildman–Crippen LogP) is 5.30. The first-order valence-electron chi connectivity index (χ1n) is 10.4. The van der Waals surface area contributed by atoms with Crippen LogP contribution in [0.3, 0.4) is 0 Å². The second-order valence-corrected chi connectivity index (χ2v) is 8.63. The maximum absolute atomic E-state index is 13.8. The summed E-state index contributed by atoms with van der Waals surface area (Å²) in [6.07, 6.45) is -2.33. The maximum Gasteiger partial charge on any atom is 0.416 e. The molecule has 4 rings (SSSR count). The van der Waals surface area contributed by atoms with Crippen molar-refractivity contribution in [3.63, 3.8) is 0 Å². The van der Waals surface area contributed by atoms with Crippen LogP contribution < -0.4 is 10.9 Å². The van der Waals surface area contributed by atoms with E-state index in [-0.39, 0.29) is 17.0 Å². The molecule has 1 aliphatic rings. The highest BCUT2D eigenvalue weighted by Gasteiger charge is 2.53. The molecule has 0 radical (unpaired) electrons. The van der Waals surface area contributed by atoms with Gasteiger partial charge in [-0.1, -0.05) is 19.1 Å². The largest absolute Gasteiger partial charge is 0.416 e. The Bertz CT molecular complexity index is 1250. The normalized spacial score (nSPS) is 21.6. The summed E-state index contributed by atoms with van der Waals surface area (Å²) in [6.45, 7) is 6.08. The topological polar surface area (TPSA) is 59.8 Å². The number of hydrogen-bond acceptors (Lipinski definition) is 4. The van der Waals surface area contributed by atoms with Gasteiger partial charge in [0.1, 0.15) is 18.3 Å². The van der Waals surface area contributed by atoms with Crippen molar-refractivity contribution in [2.24, 2.45) is 5.92 Å². The van der Waals surface area contributed by atoms with Gasteiger partial charge in [0.25, 0.3) is 5.56 Å². The summed E-state index contributed by atoms with van der Waals surface area (Å²) in [5, 5.41) is 3.69. The van der Waals surface area contributed by atoms with Crippen molar-refractivity contribution in [1.29, 1.82) is 0 Å². The molecule has 170 valence electrons. The molecule has 5 nitrogen and oxygen atoms in total. The molecule has 1 saturated carbocycles. The van der Waals surface area contributed by atoms with E-state index in [1.54, 1.807) is 26.1 Å². The van der Waals surface area contributed by atoms with Crippen molar-refractivity contribution in [2.75, 3.05) is 12.0 Å². The highest BCUT2D eigenvalue weighted by Crippen LogP contribution is 2.49. The number of anilines is 1. The number of pyridine rings is 1. The fourth-order valence-corrected chi connectivity index (χ4v) is 4.45. The Morgan fingerprint density at radius 1 is 1.28 bits per heavy atom. The lowest BCUT2D eigenvalue weighted by Gasteiger charge is -2.22. The first kappa shape index (κ1) is 22.2. The second kappa shape index (κ2) is 7.56. The summed E-state index contributed by atoms with van der Waals surface area (Å²) >= 11 is 0. The Morgan fingerprint density at radius 2 is 1.97 bits per heavy atom. The molecule has 0 saturated heterocycles. The third kappa shape index (κ3) is 3.63. The summed E-state index contributed by atoms with van der Waals surface area (Å²) in [6, 6.07) is 4.92. The average Bonchev–Trinajstić information content (AvgIpc) is 3.37. The molecule has 3 atom stereocenters. The molecule has 2 unspecified atom stereocenters. The predicted molar refractivity (Wildman–Crippen MR) is 114 cm³/mol. The summed E-state index contributed by atoms with van der Waals surface area (Å²) in [7, 11) is 0. The average molecular weight is 448 g/mol. The molecular weight excluding hydrogens is 424 g/mol.